The third-order valence-corrected chi connectivity index (χ3v) is 3.96. The Kier molecular flexibility index (Phi) is 5.04. The molecule has 0 unspecified atom stereocenters. The van der Waals surface area contributed by atoms with E-state index in [2.05, 4.69) is 18.9 Å². The number of hydrogen-bond donors (Lipinski definition) is 1. The summed E-state index contributed by atoms with van der Waals surface area (Å²) in [6, 6.07) is 0.421. The molecule has 112 valence electrons. The van der Waals surface area contributed by atoms with Crippen LogP contribution in [-0.2, 0) is 0 Å². The van der Waals surface area contributed by atoms with Gasteiger partial charge in [-0.2, -0.15) is 5.10 Å². The molecule has 1 aliphatic rings. The smallest absolute Gasteiger partial charge is 0.259 e. The van der Waals surface area contributed by atoms with Gasteiger partial charge in [0.2, 0.25) is 0 Å². The standard InChI is InChI=1S/C15H26N4O/c1-3-9-18(10-4-2)15(20)13-11-19(17-14(13)16)12-7-5-6-8-12/h11-12H,3-10H2,1-2H3,(H2,16,17). The van der Waals surface area contributed by atoms with E-state index in [0.29, 0.717) is 17.4 Å². The molecule has 1 amide bonds. The van der Waals surface area contributed by atoms with Crippen molar-refractivity contribution in [3.8, 4) is 0 Å². The van der Waals surface area contributed by atoms with Crippen LogP contribution >= 0.6 is 0 Å². The lowest BCUT2D eigenvalue weighted by Gasteiger charge is -2.20. The van der Waals surface area contributed by atoms with Crippen molar-refractivity contribution in [1.82, 2.24) is 14.7 Å². The Morgan fingerprint density at radius 3 is 2.50 bits per heavy atom. The van der Waals surface area contributed by atoms with E-state index in [4.69, 9.17) is 5.73 Å². The van der Waals surface area contributed by atoms with Crippen LogP contribution < -0.4 is 5.73 Å². The minimum Gasteiger partial charge on any atom is -0.382 e. The van der Waals surface area contributed by atoms with Gasteiger partial charge in [0.05, 0.1) is 6.04 Å². The first-order valence-corrected chi connectivity index (χ1v) is 7.81. The molecule has 0 radical (unpaired) electrons. The molecule has 2 N–H and O–H groups in total. The van der Waals surface area contributed by atoms with Crippen LogP contribution in [0.15, 0.2) is 6.20 Å². The first-order valence-electron chi connectivity index (χ1n) is 7.81. The predicted octanol–water partition coefficient (Wildman–Crippen LogP) is 2.84. The highest BCUT2D eigenvalue weighted by Gasteiger charge is 2.24. The maximum atomic E-state index is 12.6. The summed E-state index contributed by atoms with van der Waals surface area (Å²) in [5, 5.41) is 4.36. The number of nitrogens with zero attached hydrogens (tertiary/aromatic N) is 3. The van der Waals surface area contributed by atoms with Gasteiger partial charge in [-0.3, -0.25) is 9.48 Å². The maximum Gasteiger partial charge on any atom is 0.259 e. The van der Waals surface area contributed by atoms with Crippen molar-refractivity contribution in [3.63, 3.8) is 0 Å². The Morgan fingerprint density at radius 2 is 1.95 bits per heavy atom. The zero-order valence-electron chi connectivity index (χ0n) is 12.6. The van der Waals surface area contributed by atoms with Gasteiger partial charge in [-0.25, -0.2) is 0 Å². The molecule has 0 aromatic carbocycles. The molecule has 0 bridgehead atoms. The number of nitrogens with two attached hydrogens (primary N) is 1. The van der Waals surface area contributed by atoms with Crippen molar-refractivity contribution in [1.29, 1.82) is 0 Å². The van der Waals surface area contributed by atoms with E-state index in [-0.39, 0.29) is 5.91 Å². The lowest BCUT2D eigenvalue weighted by Crippen LogP contribution is -2.32. The van der Waals surface area contributed by atoms with Crippen LogP contribution in [0.2, 0.25) is 0 Å². The van der Waals surface area contributed by atoms with E-state index < -0.39 is 0 Å². The van der Waals surface area contributed by atoms with Gasteiger partial charge in [0.25, 0.3) is 5.91 Å². The highest BCUT2D eigenvalue weighted by Crippen LogP contribution is 2.30. The van der Waals surface area contributed by atoms with Crippen molar-refractivity contribution in [2.24, 2.45) is 0 Å². The molecular weight excluding hydrogens is 252 g/mol. The molecule has 1 saturated carbocycles. The SMILES string of the molecule is CCCN(CCC)C(=O)c1cn(C2CCCC2)nc1N. The summed E-state index contributed by atoms with van der Waals surface area (Å²) in [5.41, 5.74) is 6.53. The molecule has 1 aromatic rings. The van der Waals surface area contributed by atoms with E-state index >= 15 is 0 Å². The highest BCUT2D eigenvalue weighted by molar-refractivity contribution is 5.98. The van der Waals surface area contributed by atoms with Gasteiger partial charge >= 0.3 is 0 Å². The van der Waals surface area contributed by atoms with Gasteiger partial charge in [0.15, 0.2) is 5.82 Å². The molecule has 0 aliphatic heterocycles. The van der Waals surface area contributed by atoms with Crippen LogP contribution in [0.3, 0.4) is 0 Å². The van der Waals surface area contributed by atoms with Crippen molar-refractivity contribution < 1.29 is 4.79 Å². The van der Waals surface area contributed by atoms with Crippen molar-refractivity contribution in [2.75, 3.05) is 18.8 Å². The Hall–Kier alpha value is -1.52. The molecular formula is C15H26N4O. The summed E-state index contributed by atoms with van der Waals surface area (Å²) in [6.45, 7) is 5.73. The van der Waals surface area contributed by atoms with E-state index in [9.17, 15) is 4.79 Å². The number of aromatic nitrogens is 2. The Balaban J connectivity index is 2.15. The van der Waals surface area contributed by atoms with Gasteiger partial charge < -0.3 is 10.6 Å². The number of anilines is 1. The van der Waals surface area contributed by atoms with Gasteiger partial charge in [0, 0.05) is 19.3 Å². The summed E-state index contributed by atoms with van der Waals surface area (Å²) >= 11 is 0. The highest BCUT2D eigenvalue weighted by atomic mass is 16.2. The molecule has 1 fully saturated rings. The molecule has 5 heteroatoms. The Labute approximate surface area is 121 Å². The second-order valence-electron chi connectivity index (χ2n) is 5.64. The third-order valence-electron chi connectivity index (χ3n) is 3.96. The Morgan fingerprint density at radius 1 is 1.35 bits per heavy atom. The summed E-state index contributed by atoms with van der Waals surface area (Å²) in [5.74, 6) is 0.398. The summed E-state index contributed by atoms with van der Waals surface area (Å²) in [4.78, 5) is 14.4. The quantitative estimate of drug-likeness (QED) is 0.870. The average Bonchev–Trinajstić information content (AvgIpc) is 3.06. The third kappa shape index (κ3) is 3.14. The van der Waals surface area contributed by atoms with Crippen LogP contribution in [0.1, 0.15) is 68.8 Å². The van der Waals surface area contributed by atoms with Crippen LogP contribution in [0, 0.1) is 0 Å². The number of nitrogen functional groups attached to an aromatic ring is 1. The zero-order valence-corrected chi connectivity index (χ0v) is 12.6. The minimum atomic E-state index is 0.0236. The largest absolute Gasteiger partial charge is 0.382 e. The van der Waals surface area contributed by atoms with Crippen molar-refractivity contribution >= 4 is 11.7 Å². The van der Waals surface area contributed by atoms with E-state index in [1.807, 2.05) is 15.8 Å². The summed E-state index contributed by atoms with van der Waals surface area (Å²) in [7, 11) is 0. The lowest BCUT2D eigenvalue weighted by molar-refractivity contribution is 0.0756. The molecule has 0 atom stereocenters. The Bertz CT molecular complexity index is 443. The predicted molar refractivity (Wildman–Crippen MR) is 80.6 cm³/mol. The average molecular weight is 278 g/mol. The second kappa shape index (κ2) is 6.77. The molecule has 0 spiro atoms. The summed E-state index contributed by atoms with van der Waals surface area (Å²) < 4.78 is 1.91. The van der Waals surface area contributed by atoms with Crippen molar-refractivity contribution in [3.05, 3.63) is 11.8 Å². The summed E-state index contributed by atoms with van der Waals surface area (Å²) in [6.07, 6.45) is 8.54. The number of rotatable bonds is 6. The number of carbonyl (C=O) groups excluding carboxylic acids is 1. The maximum absolute atomic E-state index is 12.6. The van der Waals surface area contributed by atoms with E-state index in [1.54, 1.807) is 0 Å². The molecule has 5 nitrogen and oxygen atoms in total. The first-order chi connectivity index (χ1) is 9.67. The van der Waals surface area contributed by atoms with Crippen LogP contribution in [0.25, 0.3) is 0 Å². The molecule has 1 aromatic heterocycles. The van der Waals surface area contributed by atoms with Crippen LogP contribution in [0.5, 0.6) is 0 Å². The minimum absolute atomic E-state index is 0.0236. The topological polar surface area (TPSA) is 64.2 Å². The first kappa shape index (κ1) is 14.9. The van der Waals surface area contributed by atoms with Gasteiger partial charge in [-0.05, 0) is 25.7 Å². The molecule has 2 rings (SSSR count). The zero-order chi connectivity index (χ0) is 14.5. The fraction of sp³-hybridized carbons (Fsp3) is 0.733. The molecule has 0 saturated heterocycles. The number of carbonyl (C=O) groups is 1. The molecule has 1 aliphatic carbocycles. The van der Waals surface area contributed by atoms with Crippen LogP contribution in [0.4, 0.5) is 5.82 Å². The fourth-order valence-electron chi connectivity index (χ4n) is 2.95. The lowest BCUT2D eigenvalue weighted by atomic mass is 10.2. The van der Waals surface area contributed by atoms with E-state index in [0.717, 1.165) is 38.8 Å². The second-order valence-corrected chi connectivity index (χ2v) is 5.64. The number of hydrogen-bond acceptors (Lipinski definition) is 3. The monoisotopic (exact) mass is 278 g/mol. The normalized spacial score (nSPS) is 15.7. The molecule has 1 heterocycles. The van der Waals surface area contributed by atoms with Crippen molar-refractivity contribution in [2.45, 2.75) is 58.4 Å². The van der Waals surface area contributed by atoms with Crippen LogP contribution in [-0.4, -0.2) is 33.7 Å². The van der Waals surface area contributed by atoms with Gasteiger partial charge in [-0.15, -0.1) is 0 Å². The fourth-order valence-corrected chi connectivity index (χ4v) is 2.95. The van der Waals surface area contributed by atoms with E-state index in [1.165, 1.54) is 12.8 Å². The van der Waals surface area contributed by atoms with Gasteiger partial charge in [-0.1, -0.05) is 26.7 Å². The number of amides is 1. The van der Waals surface area contributed by atoms with Gasteiger partial charge in [0.1, 0.15) is 5.56 Å². The molecule has 20 heavy (non-hydrogen) atoms.